The number of nitrogens with zero attached hydrogens (tertiary/aromatic N) is 3. The van der Waals surface area contributed by atoms with Gasteiger partial charge < -0.3 is 9.64 Å². The minimum atomic E-state index is 0.466. The van der Waals surface area contributed by atoms with Crippen molar-refractivity contribution in [1.29, 1.82) is 0 Å². The summed E-state index contributed by atoms with van der Waals surface area (Å²) < 4.78 is 5.63. The van der Waals surface area contributed by atoms with Gasteiger partial charge >= 0.3 is 0 Å². The van der Waals surface area contributed by atoms with E-state index in [4.69, 9.17) is 4.74 Å². The molecule has 5 rings (SSSR count). The zero-order valence-corrected chi connectivity index (χ0v) is 12.3. The maximum Gasteiger partial charge on any atom is 0.0701 e. The lowest BCUT2D eigenvalue weighted by molar-refractivity contribution is 0.170. The van der Waals surface area contributed by atoms with E-state index in [1.807, 2.05) is 0 Å². The Labute approximate surface area is 120 Å². The molecule has 0 aromatic carbocycles. The fourth-order valence-corrected chi connectivity index (χ4v) is 4.74. The van der Waals surface area contributed by atoms with Crippen molar-refractivity contribution < 1.29 is 4.74 Å². The van der Waals surface area contributed by atoms with E-state index in [1.54, 1.807) is 16.7 Å². The van der Waals surface area contributed by atoms with Crippen molar-refractivity contribution >= 4 is 0 Å². The summed E-state index contributed by atoms with van der Waals surface area (Å²) in [5.74, 6) is 0. The van der Waals surface area contributed by atoms with E-state index in [0.717, 1.165) is 19.3 Å². The number of ether oxygens (including phenoxy) is 1. The Morgan fingerprint density at radius 3 is 2.75 bits per heavy atom. The summed E-state index contributed by atoms with van der Waals surface area (Å²) in [6.07, 6.45) is 3.75. The number of likely N-dealkylation sites (N-methyl/N-ethyl adjacent to an activating group) is 1. The highest BCUT2D eigenvalue weighted by atomic mass is 16.5. The molecule has 4 heterocycles. The monoisotopic (exact) mass is 273 g/mol. The van der Waals surface area contributed by atoms with E-state index in [2.05, 4.69) is 27.9 Å². The molecule has 0 amide bonds. The van der Waals surface area contributed by atoms with E-state index in [-0.39, 0.29) is 0 Å². The number of hydrogen-bond donors (Lipinski definition) is 0. The van der Waals surface area contributed by atoms with Gasteiger partial charge in [-0.05, 0) is 30.2 Å². The predicted molar refractivity (Wildman–Crippen MR) is 77.4 cm³/mol. The SMILES string of the molecule is CN1CC2=C(C1)CN(CCN1C=C3COCC34CC14)C2. The molecule has 0 aromatic rings. The van der Waals surface area contributed by atoms with Crippen LogP contribution in [0.3, 0.4) is 0 Å². The highest BCUT2D eigenvalue weighted by molar-refractivity contribution is 5.38. The second kappa shape index (κ2) is 3.87. The summed E-state index contributed by atoms with van der Waals surface area (Å²) in [7, 11) is 2.23. The summed E-state index contributed by atoms with van der Waals surface area (Å²) in [4.78, 5) is 7.67. The maximum atomic E-state index is 5.63. The molecule has 4 heteroatoms. The van der Waals surface area contributed by atoms with E-state index in [0.29, 0.717) is 5.41 Å². The number of rotatable bonds is 3. The van der Waals surface area contributed by atoms with Crippen molar-refractivity contribution in [3.8, 4) is 0 Å². The first-order valence-electron chi connectivity index (χ1n) is 7.90. The molecule has 4 nitrogen and oxygen atoms in total. The van der Waals surface area contributed by atoms with Crippen LogP contribution in [0.1, 0.15) is 6.42 Å². The Bertz CT molecular complexity index is 508. The predicted octanol–water partition coefficient (Wildman–Crippen LogP) is 0.532. The normalized spacial score (nSPS) is 39.4. The van der Waals surface area contributed by atoms with Crippen molar-refractivity contribution in [2.45, 2.75) is 12.5 Å². The molecule has 0 radical (unpaired) electrons. The van der Waals surface area contributed by atoms with Gasteiger partial charge in [0.15, 0.2) is 0 Å². The van der Waals surface area contributed by atoms with Crippen molar-refractivity contribution in [2.24, 2.45) is 5.41 Å². The molecule has 1 spiro atoms. The lowest BCUT2D eigenvalue weighted by Crippen LogP contribution is -2.35. The topological polar surface area (TPSA) is 19.0 Å². The summed E-state index contributed by atoms with van der Waals surface area (Å²) in [6.45, 7) is 9.10. The van der Waals surface area contributed by atoms with Crippen LogP contribution in [0.15, 0.2) is 22.9 Å². The molecule has 2 fully saturated rings. The van der Waals surface area contributed by atoms with Crippen LogP contribution in [0.5, 0.6) is 0 Å². The maximum absolute atomic E-state index is 5.63. The van der Waals surface area contributed by atoms with Crippen molar-refractivity contribution in [3.63, 3.8) is 0 Å². The van der Waals surface area contributed by atoms with E-state index in [1.165, 1.54) is 45.7 Å². The van der Waals surface area contributed by atoms with Gasteiger partial charge in [0, 0.05) is 56.9 Å². The largest absolute Gasteiger partial charge is 0.376 e. The van der Waals surface area contributed by atoms with E-state index in [9.17, 15) is 0 Å². The summed E-state index contributed by atoms with van der Waals surface area (Å²) in [5.41, 5.74) is 5.43. The van der Waals surface area contributed by atoms with Crippen molar-refractivity contribution in [2.75, 3.05) is 59.5 Å². The van der Waals surface area contributed by atoms with Gasteiger partial charge in [0.05, 0.1) is 13.2 Å². The Morgan fingerprint density at radius 1 is 1.20 bits per heavy atom. The minimum Gasteiger partial charge on any atom is -0.376 e. The second-order valence-corrected chi connectivity index (χ2v) is 7.35. The molecular weight excluding hydrogens is 250 g/mol. The molecule has 20 heavy (non-hydrogen) atoms. The summed E-state index contributed by atoms with van der Waals surface area (Å²) in [5, 5.41) is 0. The van der Waals surface area contributed by atoms with Gasteiger partial charge in [-0.3, -0.25) is 9.80 Å². The smallest absolute Gasteiger partial charge is 0.0701 e. The van der Waals surface area contributed by atoms with Gasteiger partial charge in [-0.25, -0.2) is 0 Å². The van der Waals surface area contributed by atoms with Crippen LogP contribution in [0, 0.1) is 5.41 Å². The minimum absolute atomic E-state index is 0.466. The molecule has 1 saturated heterocycles. The molecule has 108 valence electrons. The van der Waals surface area contributed by atoms with Crippen LogP contribution >= 0.6 is 0 Å². The molecule has 2 unspecified atom stereocenters. The van der Waals surface area contributed by atoms with Crippen LogP contribution in [0.4, 0.5) is 0 Å². The molecule has 4 aliphatic heterocycles. The molecular formula is C16H23N3O. The lowest BCUT2D eigenvalue weighted by Gasteiger charge is -2.24. The van der Waals surface area contributed by atoms with Crippen LogP contribution < -0.4 is 0 Å². The Balaban J connectivity index is 1.18. The van der Waals surface area contributed by atoms with Gasteiger partial charge in [-0.1, -0.05) is 0 Å². The van der Waals surface area contributed by atoms with Gasteiger partial charge in [-0.15, -0.1) is 0 Å². The first-order valence-corrected chi connectivity index (χ1v) is 7.90. The average Bonchev–Trinajstić information content (AvgIpc) is 2.72. The number of hydrogen-bond acceptors (Lipinski definition) is 4. The first kappa shape index (κ1) is 11.8. The van der Waals surface area contributed by atoms with Crippen LogP contribution in [0.2, 0.25) is 0 Å². The molecule has 5 aliphatic rings. The van der Waals surface area contributed by atoms with Gasteiger partial charge in [0.2, 0.25) is 0 Å². The molecule has 0 N–H and O–H groups in total. The van der Waals surface area contributed by atoms with E-state index >= 15 is 0 Å². The lowest BCUT2D eigenvalue weighted by atomic mass is 10.0. The summed E-state index contributed by atoms with van der Waals surface area (Å²) >= 11 is 0. The summed E-state index contributed by atoms with van der Waals surface area (Å²) in [6, 6.07) is 0.772. The third-order valence-electron chi connectivity index (χ3n) is 5.94. The fourth-order valence-electron chi connectivity index (χ4n) is 4.74. The van der Waals surface area contributed by atoms with Crippen molar-refractivity contribution in [1.82, 2.24) is 14.7 Å². The van der Waals surface area contributed by atoms with Gasteiger partial charge in [0.25, 0.3) is 0 Å². The Hall–Kier alpha value is -0.840. The van der Waals surface area contributed by atoms with Crippen LogP contribution in [-0.2, 0) is 4.74 Å². The zero-order valence-electron chi connectivity index (χ0n) is 12.3. The zero-order chi connectivity index (χ0) is 13.3. The standard InChI is InChI=1S/C16H23N3O/c1-17-5-12-7-18(8-13(12)6-17)2-3-19-9-14-10-20-11-16(14)4-15(16)19/h9,15H,2-8,10-11H2,1H3. The Morgan fingerprint density at radius 2 is 2.00 bits per heavy atom. The second-order valence-electron chi connectivity index (χ2n) is 7.35. The Kier molecular flexibility index (Phi) is 2.28. The quantitative estimate of drug-likeness (QED) is 0.698. The average molecular weight is 273 g/mol. The molecule has 0 bridgehead atoms. The molecule has 1 saturated carbocycles. The third kappa shape index (κ3) is 1.53. The van der Waals surface area contributed by atoms with Crippen molar-refractivity contribution in [3.05, 3.63) is 22.9 Å². The highest BCUT2D eigenvalue weighted by Crippen LogP contribution is 2.61. The van der Waals surface area contributed by atoms with Crippen LogP contribution in [-0.4, -0.2) is 80.3 Å². The van der Waals surface area contributed by atoms with Gasteiger partial charge in [0.1, 0.15) is 0 Å². The molecule has 2 atom stereocenters. The first-order chi connectivity index (χ1) is 9.74. The van der Waals surface area contributed by atoms with E-state index < -0.39 is 0 Å². The highest BCUT2D eigenvalue weighted by Gasteiger charge is 2.64. The fraction of sp³-hybridized carbons (Fsp3) is 0.750. The van der Waals surface area contributed by atoms with Gasteiger partial charge in [-0.2, -0.15) is 0 Å². The van der Waals surface area contributed by atoms with Crippen LogP contribution in [0.25, 0.3) is 0 Å². The molecule has 1 aliphatic carbocycles. The third-order valence-corrected chi connectivity index (χ3v) is 5.94. The molecule has 0 aromatic heterocycles.